The van der Waals surface area contributed by atoms with Crippen LogP contribution in [0.2, 0.25) is 10.0 Å². The summed E-state index contributed by atoms with van der Waals surface area (Å²) in [6, 6.07) is 17.8. The second kappa shape index (κ2) is 8.15. The molecule has 3 atom stereocenters. The normalized spacial score (nSPS) is 24.8. The van der Waals surface area contributed by atoms with Crippen molar-refractivity contribution in [3.8, 4) is 6.07 Å². The Labute approximate surface area is 175 Å². The van der Waals surface area contributed by atoms with Crippen molar-refractivity contribution in [3.63, 3.8) is 0 Å². The molecule has 1 aliphatic heterocycles. The third kappa shape index (κ3) is 4.04. The summed E-state index contributed by atoms with van der Waals surface area (Å²) >= 11 is 12.4. The van der Waals surface area contributed by atoms with Gasteiger partial charge in [-0.2, -0.15) is 5.26 Å². The highest BCUT2D eigenvalue weighted by Gasteiger charge is 2.44. The number of carbonyl (C=O) groups is 1. The molecule has 28 heavy (non-hydrogen) atoms. The predicted molar refractivity (Wildman–Crippen MR) is 111 cm³/mol. The predicted octanol–water partition coefficient (Wildman–Crippen LogP) is 5.99. The number of piperidine rings is 1. The Bertz CT molecular complexity index is 902. The van der Waals surface area contributed by atoms with Gasteiger partial charge in [-0.15, -0.1) is 0 Å². The summed E-state index contributed by atoms with van der Waals surface area (Å²) < 4.78 is 0. The zero-order valence-corrected chi connectivity index (χ0v) is 17.0. The van der Waals surface area contributed by atoms with Gasteiger partial charge in [0.05, 0.1) is 18.0 Å². The Kier molecular flexibility index (Phi) is 5.62. The zero-order chi connectivity index (χ0) is 19.7. The molecule has 3 nitrogen and oxygen atoms in total. The highest BCUT2D eigenvalue weighted by molar-refractivity contribution is 6.30. The second-order valence-electron chi connectivity index (χ2n) is 7.89. The average Bonchev–Trinajstić information content (AvgIpc) is 3.50. The van der Waals surface area contributed by atoms with E-state index in [1.54, 1.807) is 0 Å². The topological polar surface area (TPSA) is 44.1 Å². The second-order valence-corrected chi connectivity index (χ2v) is 8.76. The SMILES string of the molecule is N#CC[C@H]1C[C@H](c2cccc(Cl)c2)C(c2ccc(Cl)cc2)N(CC2CC2)C1=O. The number of likely N-dealkylation sites (tertiary alicyclic amines) is 1. The maximum absolute atomic E-state index is 13.3. The maximum Gasteiger partial charge on any atom is 0.227 e. The Balaban J connectivity index is 1.79. The summed E-state index contributed by atoms with van der Waals surface area (Å²) in [4.78, 5) is 15.3. The monoisotopic (exact) mass is 412 g/mol. The summed E-state index contributed by atoms with van der Waals surface area (Å²) in [7, 11) is 0. The number of nitrogens with zero attached hydrogens (tertiary/aromatic N) is 2. The van der Waals surface area contributed by atoms with Crippen molar-refractivity contribution < 1.29 is 4.79 Å². The van der Waals surface area contributed by atoms with Gasteiger partial charge in [-0.3, -0.25) is 4.79 Å². The quantitative estimate of drug-likeness (QED) is 0.604. The molecule has 2 aromatic carbocycles. The third-order valence-electron chi connectivity index (χ3n) is 5.87. The number of halogens is 2. The lowest BCUT2D eigenvalue weighted by Gasteiger charge is -2.45. The first-order valence-electron chi connectivity index (χ1n) is 9.75. The first-order valence-corrected chi connectivity index (χ1v) is 10.5. The van der Waals surface area contributed by atoms with E-state index >= 15 is 0 Å². The molecule has 1 saturated carbocycles. The van der Waals surface area contributed by atoms with Gasteiger partial charge in [-0.1, -0.05) is 47.5 Å². The van der Waals surface area contributed by atoms with Crippen LogP contribution in [0.3, 0.4) is 0 Å². The van der Waals surface area contributed by atoms with Crippen LogP contribution in [0.15, 0.2) is 48.5 Å². The molecule has 0 radical (unpaired) electrons. The van der Waals surface area contributed by atoms with Crippen LogP contribution in [0.5, 0.6) is 0 Å². The lowest BCUT2D eigenvalue weighted by molar-refractivity contribution is -0.143. The molecule has 1 unspecified atom stereocenters. The van der Waals surface area contributed by atoms with Crippen molar-refractivity contribution in [2.45, 2.75) is 37.6 Å². The fourth-order valence-corrected chi connectivity index (χ4v) is 4.64. The molecule has 0 spiro atoms. The molecule has 0 aromatic heterocycles. The number of benzene rings is 2. The standard InChI is InChI=1S/C23H22Cl2N2O/c24-19-8-6-16(7-9-19)22-21(17-2-1-3-20(25)12-17)13-18(10-11-26)23(28)27(22)14-15-4-5-15/h1-3,6-9,12,15,18,21-22H,4-5,10,13-14H2/t18-,21+,22?/m0/s1. The molecular formula is C23H22Cl2N2O. The van der Waals surface area contributed by atoms with Gasteiger partial charge < -0.3 is 4.90 Å². The molecule has 0 bridgehead atoms. The van der Waals surface area contributed by atoms with Crippen molar-refractivity contribution in [2.75, 3.05) is 6.54 Å². The van der Waals surface area contributed by atoms with E-state index in [4.69, 9.17) is 23.2 Å². The van der Waals surface area contributed by atoms with Crippen LogP contribution >= 0.6 is 23.2 Å². The number of amides is 1. The zero-order valence-electron chi connectivity index (χ0n) is 15.5. The van der Waals surface area contributed by atoms with Crippen molar-refractivity contribution in [3.05, 3.63) is 69.7 Å². The van der Waals surface area contributed by atoms with E-state index < -0.39 is 0 Å². The van der Waals surface area contributed by atoms with Gasteiger partial charge in [0.2, 0.25) is 5.91 Å². The van der Waals surface area contributed by atoms with E-state index in [1.165, 1.54) is 12.8 Å². The van der Waals surface area contributed by atoms with E-state index in [9.17, 15) is 10.1 Å². The number of nitriles is 1. The van der Waals surface area contributed by atoms with Gasteiger partial charge in [-0.05, 0) is 60.6 Å². The first kappa shape index (κ1) is 19.3. The summed E-state index contributed by atoms with van der Waals surface area (Å²) in [6.07, 6.45) is 3.25. The number of rotatable bonds is 5. The highest BCUT2D eigenvalue weighted by atomic mass is 35.5. The van der Waals surface area contributed by atoms with Crippen molar-refractivity contribution >= 4 is 29.1 Å². The number of hydrogen-bond donors (Lipinski definition) is 0. The van der Waals surface area contributed by atoms with Crippen LogP contribution in [0, 0.1) is 23.2 Å². The number of carbonyl (C=O) groups excluding carboxylic acids is 1. The molecule has 2 aromatic rings. The van der Waals surface area contributed by atoms with Crippen LogP contribution in [0.25, 0.3) is 0 Å². The minimum Gasteiger partial charge on any atom is -0.334 e. The molecular weight excluding hydrogens is 391 g/mol. The Morgan fingerprint density at radius 2 is 1.79 bits per heavy atom. The number of hydrogen-bond acceptors (Lipinski definition) is 2. The highest BCUT2D eigenvalue weighted by Crippen LogP contribution is 2.47. The van der Waals surface area contributed by atoms with Gasteiger partial charge >= 0.3 is 0 Å². The van der Waals surface area contributed by atoms with Crippen LogP contribution in [-0.4, -0.2) is 17.4 Å². The van der Waals surface area contributed by atoms with Gasteiger partial charge in [0.15, 0.2) is 0 Å². The molecule has 5 heteroatoms. The third-order valence-corrected chi connectivity index (χ3v) is 6.35. The molecule has 1 heterocycles. The fourth-order valence-electron chi connectivity index (χ4n) is 4.32. The van der Waals surface area contributed by atoms with Crippen LogP contribution < -0.4 is 0 Å². The molecule has 144 valence electrons. The molecule has 1 saturated heterocycles. The molecule has 4 rings (SSSR count). The van der Waals surface area contributed by atoms with Crippen molar-refractivity contribution in [1.29, 1.82) is 5.26 Å². The minimum atomic E-state index is -0.267. The lowest BCUT2D eigenvalue weighted by Crippen LogP contribution is -2.47. The van der Waals surface area contributed by atoms with Crippen LogP contribution in [0.4, 0.5) is 0 Å². The van der Waals surface area contributed by atoms with Gasteiger partial charge in [-0.25, -0.2) is 0 Å². The molecule has 0 N–H and O–H groups in total. The Hall–Kier alpha value is -2.02. The fraction of sp³-hybridized carbons (Fsp3) is 0.391. The summed E-state index contributed by atoms with van der Waals surface area (Å²) in [6.45, 7) is 0.755. The van der Waals surface area contributed by atoms with Crippen LogP contribution in [0.1, 0.15) is 48.8 Å². The average molecular weight is 413 g/mol. The largest absolute Gasteiger partial charge is 0.334 e. The summed E-state index contributed by atoms with van der Waals surface area (Å²) in [5.41, 5.74) is 2.20. The maximum atomic E-state index is 13.3. The van der Waals surface area contributed by atoms with Crippen molar-refractivity contribution in [1.82, 2.24) is 4.90 Å². The Morgan fingerprint density at radius 3 is 2.43 bits per heavy atom. The molecule has 2 fully saturated rings. The van der Waals surface area contributed by atoms with E-state index in [0.717, 1.165) is 17.7 Å². The summed E-state index contributed by atoms with van der Waals surface area (Å²) in [5.74, 6) is 0.497. The van der Waals surface area contributed by atoms with Gasteiger partial charge in [0, 0.05) is 28.9 Å². The smallest absolute Gasteiger partial charge is 0.227 e. The first-order chi connectivity index (χ1) is 13.6. The lowest BCUT2D eigenvalue weighted by atomic mass is 9.75. The van der Waals surface area contributed by atoms with Crippen molar-refractivity contribution in [2.24, 2.45) is 11.8 Å². The van der Waals surface area contributed by atoms with Gasteiger partial charge in [0.1, 0.15) is 0 Å². The molecule has 2 aliphatic rings. The molecule has 1 amide bonds. The van der Waals surface area contributed by atoms with E-state index in [2.05, 4.69) is 12.1 Å². The van der Waals surface area contributed by atoms with Gasteiger partial charge in [0.25, 0.3) is 0 Å². The Morgan fingerprint density at radius 1 is 1.04 bits per heavy atom. The van der Waals surface area contributed by atoms with Crippen LogP contribution in [-0.2, 0) is 4.79 Å². The molecule has 1 aliphatic carbocycles. The van der Waals surface area contributed by atoms with E-state index in [0.29, 0.717) is 22.4 Å². The summed E-state index contributed by atoms with van der Waals surface area (Å²) in [5, 5.41) is 10.6. The minimum absolute atomic E-state index is 0.0706. The van der Waals surface area contributed by atoms with E-state index in [1.807, 2.05) is 47.4 Å². The van der Waals surface area contributed by atoms with E-state index in [-0.39, 0.29) is 30.2 Å².